The van der Waals surface area contributed by atoms with Crippen LogP contribution in [0.2, 0.25) is 0 Å². The van der Waals surface area contributed by atoms with Crippen molar-refractivity contribution in [2.45, 2.75) is 43.9 Å². The van der Waals surface area contributed by atoms with Crippen LogP contribution in [0, 0.1) is 0 Å². The van der Waals surface area contributed by atoms with Crippen molar-refractivity contribution >= 4 is 5.91 Å². The van der Waals surface area contributed by atoms with Gasteiger partial charge >= 0.3 is 6.18 Å². The molecule has 0 aliphatic carbocycles. The van der Waals surface area contributed by atoms with Crippen LogP contribution >= 0.6 is 0 Å². The van der Waals surface area contributed by atoms with E-state index in [0.717, 1.165) is 25.9 Å². The molecule has 2 atom stereocenters. The summed E-state index contributed by atoms with van der Waals surface area (Å²) in [6.45, 7) is 0.887. The maximum Gasteiger partial charge on any atom is 0.405 e. The molecular formula is C12H20F3N3O. The minimum atomic E-state index is -4.34. The highest BCUT2D eigenvalue weighted by Gasteiger charge is 2.32. The van der Waals surface area contributed by atoms with Gasteiger partial charge in [0.1, 0.15) is 6.54 Å². The second-order valence-corrected chi connectivity index (χ2v) is 5.33. The third-order valence-corrected chi connectivity index (χ3v) is 3.86. The number of piperidine rings is 1. The molecule has 110 valence electrons. The molecule has 2 rings (SSSR count). The van der Waals surface area contributed by atoms with Crippen LogP contribution in [-0.4, -0.2) is 55.2 Å². The number of hydrogen-bond donors (Lipinski definition) is 2. The molecule has 0 saturated carbocycles. The Morgan fingerprint density at radius 3 is 2.79 bits per heavy atom. The van der Waals surface area contributed by atoms with Crippen molar-refractivity contribution in [1.29, 1.82) is 0 Å². The van der Waals surface area contributed by atoms with Crippen LogP contribution in [-0.2, 0) is 4.79 Å². The van der Waals surface area contributed by atoms with Crippen molar-refractivity contribution in [2.24, 2.45) is 0 Å². The van der Waals surface area contributed by atoms with E-state index in [0.29, 0.717) is 6.04 Å². The van der Waals surface area contributed by atoms with Gasteiger partial charge in [-0.2, -0.15) is 13.2 Å². The Hall–Kier alpha value is -0.820. The number of fused-ring (bicyclic) bond motifs is 1. The number of amides is 1. The Balaban J connectivity index is 1.64. The summed E-state index contributed by atoms with van der Waals surface area (Å²) in [4.78, 5) is 13.7. The van der Waals surface area contributed by atoms with E-state index < -0.39 is 18.6 Å². The second kappa shape index (κ2) is 6.09. The summed E-state index contributed by atoms with van der Waals surface area (Å²) in [5.41, 5.74) is 0. The van der Waals surface area contributed by atoms with Gasteiger partial charge in [0, 0.05) is 12.1 Å². The first-order valence-electron chi connectivity index (χ1n) is 6.75. The van der Waals surface area contributed by atoms with E-state index in [4.69, 9.17) is 0 Å². The number of carbonyl (C=O) groups excluding carboxylic acids is 1. The predicted octanol–water partition coefficient (Wildman–Crippen LogP) is 0.881. The number of alkyl halides is 3. The van der Waals surface area contributed by atoms with E-state index in [1.54, 1.807) is 0 Å². The fraction of sp³-hybridized carbons (Fsp3) is 0.917. The molecule has 0 aromatic rings. The lowest BCUT2D eigenvalue weighted by Crippen LogP contribution is -2.48. The first kappa shape index (κ1) is 14.6. The molecule has 0 spiro atoms. The average Bonchev–Trinajstić information content (AvgIpc) is 2.80. The van der Waals surface area contributed by atoms with Crippen LogP contribution in [0.4, 0.5) is 13.2 Å². The zero-order valence-electron chi connectivity index (χ0n) is 10.8. The Morgan fingerprint density at radius 2 is 2.05 bits per heavy atom. The normalized spacial score (nSPS) is 28.2. The van der Waals surface area contributed by atoms with E-state index in [2.05, 4.69) is 10.2 Å². The molecule has 2 unspecified atom stereocenters. The van der Waals surface area contributed by atoms with E-state index >= 15 is 0 Å². The standard InChI is InChI=1S/C12H20F3N3O/c13-12(14,15)8-17-11(19)7-16-9-3-5-18-4-1-2-10(18)6-9/h9-10,16H,1-8H2,(H,17,19). The Bertz CT molecular complexity index is 322. The van der Waals surface area contributed by atoms with E-state index in [1.165, 1.54) is 12.8 Å². The highest BCUT2D eigenvalue weighted by atomic mass is 19.4. The van der Waals surface area contributed by atoms with Gasteiger partial charge in [-0.15, -0.1) is 0 Å². The maximum atomic E-state index is 11.9. The Morgan fingerprint density at radius 1 is 1.26 bits per heavy atom. The van der Waals surface area contributed by atoms with Gasteiger partial charge in [0.15, 0.2) is 0 Å². The van der Waals surface area contributed by atoms with Crippen LogP contribution in [0.3, 0.4) is 0 Å². The van der Waals surface area contributed by atoms with Crippen molar-refractivity contribution in [2.75, 3.05) is 26.2 Å². The molecule has 1 amide bonds. The molecule has 4 nitrogen and oxygen atoms in total. The van der Waals surface area contributed by atoms with Crippen molar-refractivity contribution in [3.05, 3.63) is 0 Å². The Labute approximate surface area is 110 Å². The van der Waals surface area contributed by atoms with Gasteiger partial charge in [-0.05, 0) is 38.8 Å². The van der Waals surface area contributed by atoms with Crippen LogP contribution < -0.4 is 10.6 Å². The second-order valence-electron chi connectivity index (χ2n) is 5.33. The average molecular weight is 279 g/mol. The molecule has 2 aliphatic rings. The highest BCUT2D eigenvalue weighted by Crippen LogP contribution is 2.26. The predicted molar refractivity (Wildman–Crippen MR) is 64.7 cm³/mol. The van der Waals surface area contributed by atoms with Gasteiger partial charge in [-0.1, -0.05) is 0 Å². The number of rotatable bonds is 4. The number of carbonyl (C=O) groups is 1. The topological polar surface area (TPSA) is 44.4 Å². The summed E-state index contributed by atoms with van der Waals surface area (Å²) in [5.74, 6) is -0.592. The smallest absolute Gasteiger partial charge is 0.346 e. The fourth-order valence-corrected chi connectivity index (χ4v) is 2.91. The summed E-state index contributed by atoms with van der Waals surface area (Å²) < 4.78 is 35.8. The van der Waals surface area contributed by atoms with Gasteiger partial charge < -0.3 is 15.5 Å². The third-order valence-electron chi connectivity index (χ3n) is 3.86. The lowest BCUT2D eigenvalue weighted by atomic mass is 9.97. The van der Waals surface area contributed by atoms with Crippen LogP contribution in [0.25, 0.3) is 0 Å². The molecule has 0 aromatic carbocycles. The van der Waals surface area contributed by atoms with E-state index in [-0.39, 0.29) is 12.6 Å². The van der Waals surface area contributed by atoms with Gasteiger partial charge in [0.2, 0.25) is 5.91 Å². The molecular weight excluding hydrogens is 259 g/mol. The molecule has 2 N–H and O–H groups in total. The molecule has 2 fully saturated rings. The summed E-state index contributed by atoms with van der Waals surface area (Å²) in [6, 6.07) is 0.834. The van der Waals surface area contributed by atoms with Crippen LogP contribution in [0.5, 0.6) is 0 Å². The maximum absolute atomic E-state index is 11.9. The number of nitrogens with zero attached hydrogens (tertiary/aromatic N) is 1. The molecule has 2 saturated heterocycles. The number of halogens is 3. The van der Waals surface area contributed by atoms with Gasteiger partial charge in [-0.3, -0.25) is 4.79 Å². The molecule has 0 bridgehead atoms. The Kier molecular flexibility index (Phi) is 4.67. The van der Waals surface area contributed by atoms with E-state index in [1.807, 2.05) is 5.32 Å². The SMILES string of the molecule is O=C(CNC1CCN2CCCC2C1)NCC(F)(F)F. The molecule has 7 heteroatoms. The summed E-state index contributed by atoms with van der Waals surface area (Å²) in [5, 5.41) is 4.94. The van der Waals surface area contributed by atoms with Crippen LogP contribution in [0.1, 0.15) is 25.7 Å². The van der Waals surface area contributed by atoms with Gasteiger partial charge in [-0.25, -0.2) is 0 Å². The van der Waals surface area contributed by atoms with Crippen LogP contribution in [0.15, 0.2) is 0 Å². The van der Waals surface area contributed by atoms with Gasteiger partial charge in [0.05, 0.1) is 6.54 Å². The van der Waals surface area contributed by atoms with E-state index in [9.17, 15) is 18.0 Å². The minimum absolute atomic E-state index is 0.0343. The third kappa shape index (κ3) is 4.65. The monoisotopic (exact) mass is 279 g/mol. The first-order valence-corrected chi connectivity index (χ1v) is 6.75. The molecule has 0 aromatic heterocycles. The van der Waals surface area contributed by atoms with Gasteiger partial charge in [0.25, 0.3) is 0 Å². The highest BCUT2D eigenvalue weighted by molar-refractivity contribution is 5.78. The zero-order valence-corrected chi connectivity index (χ0v) is 10.8. The number of hydrogen-bond acceptors (Lipinski definition) is 3. The molecule has 2 aliphatic heterocycles. The lowest BCUT2D eigenvalue weighted by Gasteiger charge is -2.35. The minimum Gasteiger partial charge on any atom is -0.346 e. The zero-order chi connectivity index (χ0) is 13.9. The quantitative estimate of drug-likeness (QED) is 0.803. The summed E-state index contributed by atoms with van der Waals surface area (Å²) in [7, 11) is 0. The van der Waals surface area contributed by atoms with Crippen molar-refractivity contribution in [3.8, 4) is 0 Å². The molecule has 2 heterocycles. The summed E-state index contributed by atoms with van der Waals surface area (Å²) >= 11 is 0. The fourth-order valence-electron chi connectivity index (χ4n) is 2.91. The summed E-state index contributed by atoms with van der Waals surface area (Å²) in [6.07, 6.45) is 0.0301. The first-order chi connectivity index (χ1) is 8.94. The van der Waals surface area contributed by atoms with Crippen molar-refractivity contribution in [1.82, 2.24) is 15.5 Å². The molecule has 19 heavy (non-hydrogen) atoms. The largest absolute Gasteiger partial charge is 0.405 e. The molecule has 0 radical (unpaired) electrons. The van der Waals surface area contributed by atoms with Crippen molar-refractivity contribution in [3.63, 3.8) is 0 Å². The number of nitrogens with one attached hydrogen (secondary N) is 2. The lowest BCUT2D eigenvalue weighted by molar-refractivity contribution is -0.138. The van der Waals surface area contributed by atoms with Crippen molar-refractivity contribution < 1.29 is 18.0 Å².